The van der Waals surface area contributed by atoms with Gasteiger partial charge in [0, 0.05) is 18.1 Å². The predicted octanol–water partition coefficient (Wildman–Crippen LogP) is 2.64. The lowest BCUT2D eigenvalue weighted by Crippen LogP contribution is -2.48. The van der Waals surface area contributed by atoms with Crippen LogP contribution < -0.4 is 5.32 Å². The Labute approximate surface area is 101 Å². The zero-order valence-corrected chi connectivity index (χ0v) is 11.2. The van der Waals surface area contributed by atoms with Crippen molar-refractivity contribution in [2.45, 2.75) is 71.0 Å². The summed E-state index contributed by atoms with van der Waals surface area (Å²) in [5.74, 6) is 0.882. The Bertz CT molecular complexity index is 213. The zero-order chi connectivity index (χ0) is 11.5. The molecule has 0 radical (unpaired) electrons. The molecule has 1 aliphatic heterocycles. The van der Waals surface area contributed by atoms with Crippen LogP contribution in [0.5, 0.6) is 0 Å². The first-order valence-corrected chi connectivity index (χ1v) is 7.17. The van der Waals surface area contributed by atoms with Crippen LogP contribution in [0.2, 0.25) is 0 Å². The van der Waals surface area contributed by atoms with Crippen molar-refractivity contribution in [3.05, 3.63) is 0 Å². The number of nitrogens with one attached hydrogen (secondary N) is 1. The summed E-state index contributed by atoms with van der Waals surface area (Å²) in [6, 6.07) is 2.40. The van der Waals surface area contributed by atoms with Gasteiger partial charge in [0.2, 0.25) is 0 Å². The minimum atomic E-state index is 0.754. The summed E-state index contributed by atoms with van der Waals surface area (Å²) in [6.45, 7) is 9.75. The molecule has 94 valence electrons. The van der Waals surface area contributed by atoms with E-state index >= 15 is 0 Å². The van der Waals surface area contributed by atoms with E-state index in [-0.39, 0.29) is 0 Å². The van der Waals surface area contributed by atoms with Crippen LogP contribution in [-0.2, 0) is 0 Å². The lowest BCUT2D eigenvalue weighted by atomic mass is 9.90. The molecule has 0 amide bonds. The van der Waals surface area contributed by atoms with E-state index in [1.165, 1.54) is 45.2 Å². The maximum Gasteiger partial charge on any atom is 0.00953 e. The second-order valence-electron chi connectivity index (χ2n) is 5.96. The van der Waals surface area contributed by atoms with Gasteiger partial charge in [-0.3, -0.25) is 4.90 Å². The molecule has 2 aliphatic rings. The molecule has 1 aliphatic carbocycles. The third-order valence-electron chi connectivity index (χ3n) is 4.56. The maximum atomic E-state index is 3.63. The largest absolute Gasteiger partial charge is 0.314 e. The highest BCUT2D eigenvalue weighted by Crippen LogP contribution is 2.25. The van der Waals surface area contributed by atoms with Crippen LogP contribution in [-0.4, -0.2) is 36.1 Å². The minimum Gasteiger partial charge on any atom is -0.314 e. The van der Waals surface area contributed by atoms with Crippen molar-refractivity contribution in [1.82, 2.24) is 10.2 Å². The van der Waals surface area contributed by atoms with Gasteiger partial charge in [0.25, 0.3) is 0 Å². The Morgan fingerprint density at radius 3 is 2.69 bits per heavy atom. The molecule has 2 rings (SSSR count). The second-order valence-corrected chi connectivity index (χ2v) is 5.96. The minimum absolute atomic E-state index is 0.754. The van der Waals surface area contributed by atoms with Gasteiger partial charge < -0.3 is 5.32 Å². The molecular weight excluding hydrogens is 196 g/mol. The standard InChI is InChI=1S/C14H28N2/c1-11-5-4-10-16(13(11)3)12(2)8-9-15-14-6-7-14/h11-15H,4-10H2,1-3H3. The lowest BCUT2D eigenvalue weighted by molar-refractivity contribution is 0.0718. The Morgan fingerprint density at radius 1 is 1.25 bits per heavy atom. The molecule has 0 spiro atoms. The first-order chi connectivity index (χ1) is 7.68. The van der Waals surface area contributed by atoms with Gasteiger partial charge in [0.05, 0.1) is 0 Å². The molecule has 0 aromatic heterocycles. The number of rotatable bonds is 5. The van der Waals surface area contributed by atoms with Gasteiger partial charge in [-0.05, 0) is 65.0 Å². The van der Waals surface area contributed by atoms with Crippen LogP contribution in [0.3, 0.4) is 0 Å². The van der Waals surface area contributed by atoms with E-state index in [9.17, 15) is 0 Å². The molecule has 1 heterocycles. The normalized spacial score (nSPS) is 33.9. The van der Waals surface area contributed by atoms with E-state index in [4.69, 9.17) is 0 Å². The van der Waals surface area contributed by atoms with Gasteiger partial charge in [-0.1, -0.05) is 6.92 Å². The van der Waals surface area contributed by atoms with Crippen LogP contribution in [0.25, 0.3) is 0 Å². The molecule has 3 unspecified atom stereocenters. The summed E-state index contributed by atoms with van der Waals surface area (Å²) < 4.78 is 0. The van der Waals surface area contributed by atoms with Gasteiger partial charge >= 0.3 is 0 Å². The van der Waals surface area contributed by atoms with Crippen LogP contribution >= 0.6 is 0 Å². The van der Waals surface area contributed by atoms with Crippen molar-refractivity contribution in [3.8, 4) is 0 Å². The van der Waals surface area contributed by atoms with Crippen molar-refractivity contribution in [1.29, 1.82) is 0 Å². The average Bonchev–Trinajstić information content (AvgIpc) is 3.06. The molecule has 3 atom stereocenters. The van der Waals surface area contributed by atoms with E-state index in [0.717, 1.165) is 24.0 Å². The Hall–Kier alpha value is -0.0800. The Morgan fingerprint density at radius 2 is 2.00 bits per heavy atom. The fourth-order valence-electron chi connectivity index (χ4n) is 2.94. The Kier molecular flexibility index (Phi) is 4.26. The number of hydrogen-bond donors (Lipinski definition) is 1. The highest BCUT2D eigenvalue weighted by atomic mass is 15.2. The monoisotopic (exact) mass is 224 g/mol. The van der Waals surface area contributed by atoms with Gasteiger partial charge in [0.15, 0.2) is 0 Å². The second kappa shape index (κ2) is 5.50. The summed E-state index contributed by atoms with van der Waals surface area (Å²) in [4.78, 5) is 2.72. The number of likely N-dealkylation sites (tertiary alicyclic amines) is 1. The molecule has 0 bridgehead atoms. The highest BCUT2D eigenvalue weighted by molar-refractivity contribution is 4.84. The summed E-state index contributed by atoms with van der Waals surface area (Å²) in [5, 5.41) is 3.63. The Balaban J connectivity index is 1.71. The smallest absolute Gasteiger partial charge is 0.00953 e. The molecule has 2 fully saturated rings. The van der Waals surface area contributed by atoms with E-state index in [0.29, 0.717) is 0 Å². The van der Waals surface area contributed by atoms with Crippen molar-refractivity contribution in [2.75, 3.05) is 13.1 Å². The van der Waals surface area contributed by atoms with E-state index in [1.807, 2.05) is 0 Å². The predicted molar refractivity (Wildman–Crippen MR) is 69.7 cm³/mol. The first-order valence-electron chi connectivity index (χ1n) is 7.17. The van der Waals surface area contributed by atoms with Gasteiger partial charge in [-0.2, -0.15) is 0 Å². The summed E-state index contributed by atoms with van der Waals surface area (Å²) in [5.41, 5.74) is 0. The van der Waals surface area contributed by atoms with Crippen molar-refractivity contribution < 1.29 is 0 Å². The summed E-state index contributed by atoms with van der Waals surface area (Å²) in [7, 11) is 0. The molecule has 0 aromatic carbocycles. The van der Waals surface area contributed by atoms with E-state index in [2.05, 4.69) is 31.0 Å². The number of nitrogens with zero attached hydrogens (tertiary/aromatic N) is 1. The molecule has 2 nitrogen and oxygen atoms in total. The number of piperidine rings is 1. The quantitative estimate of drug-likeness (QED) is 0.772. The molecule has 1 saturated carbocycles. The van der Waals surface area contributed by atoms with Gasteiger partial charge in [-0.15, -0.1) is 0 Å². The zero-order valence-electron chi connectivity index (χ0n) is 11.2. The fraction of sp³-hybridized carbons (Fsp3) is 1.00. The highest BCUT2D eigenvalue weighted by Gasteiger charge is 2.28. The topological polar surface area (TPSA) is 15.3 Å². The van der Waals surface area contributed by atoms with Crippen LogP contribution in [0.4, 0.5) is 0 Å². The first kappa shape index (κ1) is 12.4. The van der Waals surface area contributed by atoms with Crippen LogP contribution in [0.1, 0.15) is 52.9 Å². The SMILES string of the molecule is CC1CCCN(C(C)CCNC2CC2)C1C. The number of hydrogen-bond acceptors (Lipinski definition) is 2. The van der Waals surface area contributed by atoms with Crippen LogP contribution in [0.15, 0.2) is 0 Å². The van der Waals surface area contributed by atoms with E-state index < -0.39 is 0 Å². The molecule has 1 N–H and O–H groups in total. The van der Waals surface area contributed by atoms with Crippen molar-refractivity contribution in [2.24, 2.45) is 5.92 Å². The van der Waals surface area contributed by atoms with Gasteiger partial charge in [0.1, 0.15) is 0 Å². The van der Waals surface area contributed by atoms with Crippen molar-refractivity contribution in [3.63, 3.8) is 0 Å². The third kappa shape index (κ3) is 3.21. The van der Waals surface area contributed by atoms with Crippen LogP contribution in [0, 0.1) is 5.92 Å². The third-order valence-corrected chi connectivity index (χ3v) is 4.56. The average molecular weight is 224 g/mol. The maximum absolute atomic E-state index is 3.63. The molecule has 1 saturated heterocycles. The molecule has 16 heavy (non-hydrogen) atoms. The van der Waals surface area contributed by atoms with Gasteiger partial charge in [-0.25, -0.2) is 0 Å². The molecule has 0 aromatic rings. The lowest BCUT2D eigenvalue weighted by Gasteiger charge is -2.41. The summed E-state index contributed by atoms with van der Waals surface area (Å²) >= 11 is 0. The fourth-order valence-corrected chi connectivity index (χ4v) is 2.94. The summed E-state index contributed by atoms with van der Waals surface area (Å²) in [6.07, 6.45) is 6.95. The molecule has 2 heteroatoms. The van der Waals surface area contributed by atoms with Crippen molar-refractivity contribution >= 4 is 0 Å². The molecular formula is C14H28N2. The van der Waals surface area contributed by atoms with E-state index in [1.54, 1.807) is 0 Å².